The van der Waals surface area contributed by atoms with E-state index in [0.29, 0.717) is 32.8 Å². The van der Waals surface area contributed by atoms with E-state index in [1.807, 2.05) is 36.9 Å². The van der Waals surface area contributed by atoms with Crippen LogP contribution >= 0.6 is 0 Å². The fourth-order valence-corrected chi connectivity index (χ4v) is 4.62. The van der Waals surface area contributed by atoms with Crippen LogP contribution in [0.1, 0.15) is 31.2 Å². The average molecular weight is 389 g/mol. The summed E-state index contributed by atoms with van der Waals surface area (Å²) in [5, 5.41) is 0. The number of hydrogen-bond donors (Lipinski definition) is 0. The van der Waals surface area contributed by atoms with Crippen molar-refractivity contribution in [1.29, 1.82) is 0 Å². The van der Waals surface area contributed by atoms with E-state index in [2.05, 4.69) is 9.88 Å². The largest absolute Gasteiger partial charge is 0.466 e. The lowest BCUT2D eigenvalue weighted by Crippen LogP contribution is -2.44. The Bertz CT molecular complexity index is 711. The van der Waals surface area contributed by atoms with E-state index in [-0.39, 0.29) is 24.4 Å². The SMILES string of the molecule is CCOC(=O)[C@@]12CCCN(C(=O)COC)C[C@@H]1CN(Cc1cccc(C)n1)C2. The van der Waals surface area contributed by atoms with Crippen molar-refractivity contribution in [3.8, 4) is 0 Å². The Hall–Kier alpha value is -1.99. The van der Waals surface area contributed by atoms with Gasteiger partial charge in [-0.15, -0.1) is 0 Å². The Morgan fingerprint density at radius 1 is 1.32 bits per heavy atom. The van der Waals surface area contributed by atoms with Crippen molar-refractivity contribution in [2.75, 3.05) is 46.5 Å². The Labute approximate surface area is 167 Å². The van der Waals surface area contributed by atoms with Gasteiger partial charge < -0.3 is 14.4 Å². The molecular formula is C21H31N3O4. The molecule has 3 heterocycles. The van der Waals surface area contributed by atoms with Crippen LogP contribution in [0.4, 0.5) is 0 Å². The summed E-state index contributed by atoms with van der Waals surface area (Å²) < 4.78 is 10.5. The molecule has 0 spiro atoms. The van der Waals surface area contributed by atoms with Gasteiger partial charge in [-0.3, -0.25) is 19.5 Å². The monoisotopic (exact) mass is 389 g/mol. The van der Waals surface area contributed by atoms with Crippen LogP contribution in [0.5, 0.6) is 0 Å². The molecule has 0 unspecified atom stereocenters. The van der Waals surface area contributed by atoms with Crippen molar-refractivity contribution in [2.45, 2.75) is 33.2 Å². The smallest absolute Gasteiger partial charge is 0.313 e. The summed E-state index contributed by atoms with van der Waals surface area (Å²) >= 11 is 0. The lowest BCUT2D eigenvalue weighted by atomic mass is 9.75. The molecule has 7 nitrogen and oxygen atoms in total. The molecule has 0 saturated carbocycles. The molecule has 0 radical (unpaired) electrons. The van der Waals surface area contributed by atoms with Crippen molar-refractivity contribution < 1.29 is 19.1 Å². The van der Waals surface area contributed by atoms with Gasteiger partial charge in [0.1, 0.15) is 6.61 Å². The number of esters is 1. The first kappa shape index (κ1) is 20.7. The van der Waals surface area contributed by atoms with Gasteiger partial charge in [-0.2, -0.15) is 0 Å². The van der Waals surface area contributed by atoms with Crippen LogP contribution in [-0.4, -0.2) is 73.2 Å². The normalized spacial score (nSPS) is 25.2. The maximum Gasteiger partial charge on any atom is 0.313 e. The predicted octanol–water partition coefficient (Wildman–Crippen LogP) is 1.64. The molecule has 154 valence electrons. The van der Waals surface area contributed by atoms with Crippen LogP contribution in [0.15, 0.2) is 18.2 Å². The topological polar surface area (TPSA) is 72.0 Å². The van der Waals surface area contributed by atoms with E-state index in [4.69, 9.17) is 9.47 Å². The van der Waals surface area contributed by atoms with Crippen LogP contribution in [-0.2, 0) is 25.6 Å². The number of rotatable bonds is 6. The number of ether oxygens (including phenoxy) is 2. The minimum atomic E-state index is -0.554. The molecule has 2 saturated heterocycles. The van der Waals surface area contributed by atoms with Gasteiger partial charge in [-0.05, 0) is 38.8 Å². The Kier molecular flexibility index (Phi) is 6.67. The minimum Gasteiger partial charge on any atom is -0.466 e. The maximum atomic E-state index is 13.0. The zero-order valence-electron chi connectivity index (χ0n) is 17.1. The first-order valence-electron chi connectivity index (χ1n) is 10.1. The van der Waals surface area contributed by atoms with E-state index in [9.17, 15) is 9.59 Å². The summed E-state index contributed by atoms with van der Waals surface area (Å²) in [7, 11) is 1.53. The quantitative estimate of drug-likeness (QED) is 0.689. The number of carbonyl (C=O) groups excluding carboxylic acids is 2. The Morgan fingerprint density at radius 2 is 2.14 bits per heavy atom. The molecule has 2 atom stereocenters. The zero-order chi connectivity index (χ0) is 20.1. The number of aryl methyl sites for hydroxylation is 1. The number of likely N-dealkylation sites (tertiary alicyclic amines) is 2. The van der Waals surface area contributed by atoms with Gasteiger partial charge in [0.25, 0.3) is 0 Å². The van der Waals surface area contributed by atoms with Crippen LogP contribution in [0.3, 0.4) is 0 Å². The van der Waals surface area contributed by atoms with Gasteiger partial charge in [0.15, 0.2) is 0 Å². The third-order valence-corrected chi connectivity index (χ3v) is 5.89. The summed E-state index contributed by atoms with van der Waals surface area (Å²) in [5.41, 5.74) is 1.44. The molecule has 1 amide bonds. The van der Waals surface area contributed by atoms with Gasteiger partial charge in [0.05, 0.1) is 17.7 Å². The number of pyridine rings is 1. The van der Waals surface area contributed by atoms with E-state index >= 15 is 0 Å². The second-order valence-electron chi connectivity index (χ2n) is 7.89. The van der Waals surface area contributed by atoms with Gasteiger partial charge in [-0.25, -0.2) is 0 Å². The van der Waals surface area contributed by atoms with Gasteiger partial charge in [-0.1, -0.05) is 6.07 Å². The molecule has 1 aromatic heterocycles. The van der Waals surface area contributed by atoms with Crippen molar-refractivity contribution in [1.82, 2.24) is 14.8 Å². The summed E-state index contributed by atoms with van der Waals surface area (Å²) in [4.78, 5) is 34.2. The highest BCUT2D eigenvalue weighted by Gasteiger charge is 2.54. The molecule has 28 heavy (non-hydrogen) atoms. The number of aromatic nitrogens is 1. The standard InChI is InChI=1S/C21H31N3O4/c1-4-28-20(26)21-9-6-10-24(19(25)14-27-3)12-17(21)11-23(15-21)13-18-8-5-7-16(2)22-18/h5,7-8,17H,4,6,9-15H2,1-3H3/t17-,21+/m0/s1. The summed E-state index contributed by atoms with van der Waals surface area (Å²) in [6.07, 6.45) is 1.53. The molecule has 0 aliphatic carbocycles. The zero-order valence-corrected chi connectivity index (χ0v) is 17.1. The number of amides is 1. The molecule has 0 aromatic carbocycles. The second-order valence-corrected chi connectivity index (χ2v) is 7.89. The van der Waals surface area contributed by atoms with Crippen molar-refractivity contribution in [3.63, 3.8) is 0 Å². The molecule has 2 aliphatic rings. The van der Waals surface area contributed by atoms with E-state index in [1.54, 1.807) is 0 Å². The highest BCUT2D eigenvalue weighted by molar-refractivity contribution is 5.80. The highest BCUT2D eigenvalue weighted by Crippen LogP contribution is 2.44. The van der Waals surface area contributed by atoms with Gasteiger partial charge in [0.2, 0.25) is 5.91 Å². The molecule has 0 N–H and O–H groups in total. The average Bonchev–Trinajstić information content (AvgIpc) is 2.88. The number of nitrogens with zero attached hydrogens (tertiary/aromatic N) is 3. The van der Waals surface area contributed by atoms with Crippen molar-refractivity contribution in [3.05, 3.63) is 29.6 Å². The lowest BCUT2D eigenvalue weighted by molar-refractivity contribution is -0.158. The molecule has 3 rings (SSSR count). The summed E-state index contributed by atoms with van der Waals surface area (Å²) in [5.74, 6) is -0.0821. The van der Waals surface area contributed by atoms with E-state index in [1.165, 1.54) is 7.11 Å². The lowest BCUT2D eigenvalue weighted by Gasteiger charge is -2.31. The Morgan fingerprint density at radius 3 is 2.86 bits per heavy atom. The summed E-state index contributed by atoms with van der Waals surface area (Å²) in [6.45, 7) is 7.62. The number of methoxy groups -OCH3 is 1. The minimum absolute atomic E-state index is 0.0130. The van der Waals surface area contributed by atoms with Crippen LogP contribution in [0, 0.1) is 18.3 Å². The number of fused-ring (bicyclic) bond motifs is 1. The van der Waals surface area contributed by atoms with Crippen LogP contribution < -0.4 is 0 Å². The van der Waals surface area contributed by atoms with Crippen molar-refractivity contribution >= 4 is 11.9 Å². The fraction of sp³-hybridized carbons (Fsp3) is 0.667. The predicted molar refractivity (Wildman–Crippen MR) is 104 cm³/mol. The second kappa shape index (κ2) is 9.01. The molecule has 7 heteroatoms. The third kappa shape index (κ3) is 4.36. The van der Waals surface area contributed by atoms with Crippen LogP contribution in [0.2, 0.25) is 0 Å². The fourth-order valence-electron chi connectivity index (χ4n) is 4.62. The van der Waals surface area contributed by atoms with Gasteiger partial charge >= 0.3 is 5.97 Å². The molecular weight excluding hydrogens is 358 g/mol. The summed E-state index contributed by atoms with van der Waals surface area (Å²) in [6, 6.07) is 6.02. The Balaban J connectivity index is 1.81. The third-order valence-electron chi connectivity index (χ3n) is 5.89. The number of carbonyl (C=O) groups is 2. The molecule has 2 fully saturated rings. The number of hydrogen-bond acceptors (Lipinski definition) is 6. The first-order chi connectivity index (χ1) is 13.5. The van der Waals surface area contributed by atoms with Gasteiger partial charge in [0, 0.05) is 51.4 Å². The van der Waals surface area contributed by atoms with E-state index < -0.39 is 5.41 Å². The first-order valence-corrected chi connectivity index (χ1v) is 10.1. The molecule has 1 aromatic rings. The van der Waals surface area contributed by atoms with E-state index in [0.717, 1.165) is 30.8 Å². The highest BCUT2D eigenvalue weighted by atomic mass is 16.5. The van der Waals surface area contributed by atoms with Crippen LogP contribution in [0.25, 0.3) is 0 Å². The maximum absolute atomic E-state index is 13.0. The molecule has 2 aliphatic heterocycles. The molecule has 0 bridgehead atoms. The van der Waals surface area contributed by atoms with Crippen molar-refractivity contribution in [2.24, 2.45) is 11.3 Å².